The number of hydrogen-bond donors (Lipinski definition) is 0. The van der Waals surface area contributed by atoms with Gasteiger partial charge < -0.3 is 0 Å². The second-order valence-electron chi connectivity index (χ2n) is 7.47. The van der Waals surface area contributed by atoms with Crippen molar-refractivity contribution in [2.75, 3.05) is 0 Å². The highest BCUT2D eigenvalue weighted by molar-refractivity contribution is 5.27. The topological polar surface area (TPSA) is 0 Å². The van der Waals surface area contributed by atoms with Crippen LogP contribution in [0.25, 0.3) is 0 Å². The zero-order valence-corrected chi connectivity index (χ0v) is 13.8. The monoisotopic (exact) mass is 294 g/mol. The molecule has 22 heavy (non-hydrogen) atoms. The van der Waals surface area contributed by atoms with Crippen LogP contribution in [0, 0.1) is 17.8 Å². The van der Waals surface area contributed by atoms with Gasteiger partial charge in [-0.05, 0) is 86.2 Å². The molecule has 0 N–H and O–H groups in total. The van der Waals surface area contributed by atoms with E-state index in [1.54, 1.807) is 5.56 Å². The summed E-state index contributed by atoms with van der Waals surface area (Å²) in [4.78, 5) is 0. The number of allylic oxidation sites excluding steroid dienone is 2. The maximum atomic E-state index is 3.92. The van der Waals surface area contributed by atoms with Crippen molar-refractivity contribution in [3.05, 3.63) is 60.7 Å². The molecule has 0 bridgehead atoms. The van der Waals surface area contributed by atoms with Gasteiger partial charge in [0, 0.05) is 0 Å². The summed E-state index contributed by atoms with van der Waals surface area (Å²) >= 11 is 0. The Morgan fingerprint density at radius 1 is 0.864 bits per heavy atom. The van der Waals surface area contributed by atoms with Crippen LogP contribution in [-0.4, -0.2) is 0 Å². The molecule has 0 spiro atoms. The summed E-state index contributed by atoms with van der Waals surface area (Å²) in [6.45, 7) is 7.75. The minimum Gasteiger partial charge on any atom is -0.103 e. The largest absolute Gasteiger partial charge is 0.103 e. The molecular formula is C22H30. The Balaban J connectivity index is 1.61. The molecule has 1 aromatic rings. The van der Waals surface area contributed by atoms with E-state index in [0.29, 0.717) is 0 Å². The van der Waals surface area contributed by atoms with Gasteiger partial charge in [-0.3, -0.25) is 0 Å². The Kier molecular flexibility index (Phi) is 5.18. The van der Waals surface area contributed by atoms with Crippen molar-refractivity contribution in [1.29, 1.82) is 0 Å². The van der Waals surface area contributed by atoms with Gasteiger partial charge in [-0.25, -0.2) is 0 Å². The maximum absolute atomic E-state index is 3.92. The summed E-state index contributed by atoms with van der Waals surface area (Å²) in [6.07, 6.45) is 14.9. The smallest absolute Gasteiger partial charge is 0.0100 e. The number of benzene rings is 1. The summed E-state index contributed by atoms with van der Waals surface area (Å²) in [5.41, 5.74) is 2.96. The number of hydrogen-bond acceptors (Lipinski definition) is 0. The first-order valence-electron chi connectivity index (χ1n) is 9.10. The van der Waals surface area contributed by atoms with E-state index in [-0.39, 0.29) is 0 Å². The van der Waals surface area contributed by atoms with E-state index < -0.39 is 0 Å². The van der Waals surface area contributed by atoms with Gasteiger partial charge in [0.2, 0.25) is 0 Å². The van der Waals surface area contributed by atoms with Crippen LogP contribution in [0.1, 0.15) is 62.0 Å². The van der Waals surface area contributed by atoms with Gasteiger partial charge in [-0.15, -0.1) is 13.2 Å². The molecule has 0 aliphatic heterocycles. The van der Waals surface area contributed by atoms with Crippen LogP contribution in [0.4, 0.5) is 0 Å². The summed E-state index contributed by atoms with van der Waals surface area (Å²) in [6, 6.07) is 9.33. The molecule has 0 radical (unpaired) electrons. The summed E-state index contributed by atoms with van der Waals surface area (Å²) in [5.74, 6) is 3.68. The van der Waals surface area contributed by atoms with Crippen molar-refractivity contribution < 1.29 is 0 Å². The molecule has 2 fully saturated rings. The maximum Gasteiger partial charge on any atom is -0.0100 e. The fourth-order valence-corrected chi connectivity index (χ4v) is 4.80. The van der Waals surface area contributed by atoms with Crippen LogP contribution in [-0.2, 0) is 6.42 Å². The van der Waals surface area contributed by atoms with E-state index in [2.05, 4.69) is 43.5 Å². The Hall–Kier alpha value is -1.30. The Bertz CT molecular complexity index is 479. The van der Waals surface area contributed by atoms with Gasteiger partial charge in [0.15, 0.2) is 0 Å². The van der Waals surface area contributed by atoms with Crippen LogP contribution >= 0.6 is 0 Å². The van der Waals surface area contributed by atoms with Crippen LogP contribution in [0.3, 0.4) is 0 Å². The number of fused-ring (bicyclic) bond motifs is 1. The minimum atomic E-state index is 0.809. The highest BCUT2D eigenvalue weighted by Crippen LogP contribution is 2.49. The fraction of sp³-hybridized carbons (Fsp3) is 0.545. The van der Waals surface area contributed by atoms with Crippen LogP contribution in [0.5, 0.6) is 0 Å². The molecular weight excluding hydrogens is 264 g/mol. The van der Waals surface area contributed by atoms with E-state index in [0.717, 1.165) is 30.1 Å². The van der Waals surface area contributed by atoms with Crippen molar-refractivity contribution in [1.82, 2.24) is 0 Å². The highest BCUT2D eigenvalue weighted by Gasteiger charge is 2.36. The standard InChI is InChI=1S/C22H30/c1-3-5-17-7-11-19(12-8-17)22-15-20-13-9-18(6-4-2)10-14-21(20)16-22/h3-4,7-8,11-12,18,20-22H,1-2,5-6,9-10,13-16H2. The van der Waals surface area contributed by atoms with Gasteiger partial charge in [0.1, 0.15) is 0 Å². The molecule has 0 aromatic heterocycles. The van der Waals surface area contributed by atoms with E-state index in [1.807, 2.05) is 6.08 Å². The van der Waals surface area contributed by atoms with E-state index in [1.165, 1.54) is 50.5 Å². The average molecular weight is 294 g/mol. The quantitative estimate of drug-likeness (QED) is 0.560. The first kappa shape index (κ1) is 15.6. The van der Waals surface area contributed by atoms with Gasteiger partial charge in [-0.1, -0.05) is 36.4 Å². The fourth-order valence-electron chi connectivity index (χ4n) is 4.80. The van der Waals surface area contributed by atoms with Crippen molar-refractivity contribution in [2.45, 2.75) is 57.3 Å². The van der Waals surface area contributed by atoms with Crippen molar-refractivity contribution in [3.63, 3.8) is 0 Å². The Morgan fingerprint density at radius 2 is 1.50 bits per heavy atom. The lowest BCUT2D eigenvalue weighted by Crippen LogP contribution is -2.04. The molecule has 2 aliphatic rings. The predicted octanol–water partition coefficient (Wildman–Crippen LogP) is 6.29. The zero-order valence-electron chi connectivity index (χ0n) is 13.8. The molecule has 0 nitrogen and oxygen atoms in total. The van der Waals surface area contributed by atoms with Crippen molar-refractivity contribution >= 4 is 0 Å². The number of rotatable bonds is 5. The van der Waals surface area contributed by atoms with Gasteiger partial charge in [0.25, 0.3) is 0 Å². The predicted molar refractivity (Wildman–Crippen MR) is 96.1 cm³/mol. The molecule has 2 unspecified atom stereocenters. The molecule has 2 atom stereocenters. The molecule has 2 saturated carbocycles. The molecule has 0 heterocycles. The van der Waals surface area contributed by atoms with E-state index >= 15 is 0 Å². The Morgan fingerprint density at radius 3 is 2.05 bits per heavy atom. The third kappa shape index (κ3) is 3.54. The summed E-state index contributed by atoms with van der Waals surface area (Å²) in [5, 5.41) is 0. The molecule has 0 heteroatoms. The van der Waals surface area contributed by atoms with E-state index in [4.69, 9.17) is 0 Å². The lowest BCUT2D eigenvalue weighted by molar-refractivity contribution is 0.367. The van der Waals surface area contributed by atoms with Crippen LogP contribution in [0.15, 0.2) is 49.6 Å². The van der Waals surface area contributed by atoms with Crippen molar-refractivity contribution in [3.8, 4) is 0 Å². The third-order valence-electron chi connectivity index (χ3n) is 6.06. The SMILES string of the molecule is C=CCc1ccc(C2CC3CCC(CC=C)CCC3C2)cc1. The van der Waals surface area contributed by atoms with Crippen molar-refractivity contribution in [2.24, 2.45) is 17.8 Å². The van der Waals surface area contributed by atoms with Gasteiger partial charge in [-0.2, -0.15) is 0 Å². The molecule has 3 rings (SSSR count). The Labute approximate surface area is 136 Å². The molecule has 118 valence electrons. The zero-order chi connectivity index (χ0) is 15.4. The highest BCUT2D eigenvalue weighted by atomic mass is 14.4. The van der Waals surface area contributed by atoms with Gasteiger partial charge >= 0.3 is 0 Å². The van der Waals surface area contributed by atoms with E-state index in [9.17, 15) is 0 Å². The molecule has 2 aliphatic carbocycles. The normalized spacial score (nSPS) is 31.3. The van der Waals surface area contributed by atoms with Gasteiger partial charge in [0.05, 0.1) is 0 Å². The first-order chi connectivity index (χ1) is 10.8. The summed E-state index contributed by atoms with van der Waals surface area (Å²) in [7, 11) is 0. The van der Waals surface area contributed by atoms with Crippen LogP contribution < -0.4 is 0 Å². The second kappa shape index (κ2) is 7.31. The van der Waals surface area contributed by atoms with Crippen LogP contribution in [0.2, 0.25) is 0 Å². The lowest BCUT2D eigenvalue weighted by Gasteiger charge is -2.14. The first-order valence-corrected chi connectivity index (χ1v) is 9.10. The minimum absolute atomic E-state index is 0.809. The molecule has 1 aromatic carbocycles. The molecule has 0 saturated heterocycles. The average Bonchev–Trinajstić information content (AvgIpc) is 2.85. The second-order valence-corrected chi connectivity index (χ2v) is 7.47. The lowest BCUT2D eigenvalue weighted by atomic mass is 9.91. The third-order valence-corrected chi connectivity index (χ3v) is 6.06. The molecule has 0 amide bonds. The summed E-state index contributed by atoms with van der Waals surface area (Å²) < 4.78 is 0.